The van der Waals surface area contributed by atoms with E-state index in [1.807, 2.05) is 19.1 Å². The van der Waals surface area contributed by atoms with Crippen molar-refractivity contribution in [3.05, 3.63) is 12.2 Å². The van der Waals surface area contributed by atoms with Crippen LogP contribution >= 0.6 is 0 Å². The van der Waals surface area contributed by atoms with Crippen LogP contribution in [0.3, 0.4) is 0 Å². The van der Waals surface area contributed by atoms with E-state index in [4.69, 9.17) is 14.6 Å². The van der Waals surface area contributed by atoms with Crippen LogP contribution in [0.1, 0.15) is 19.8 Å². The summed E-state index contributed by atoms with van der Waals surface area (Å²) in [6.45, 7) is 2.70. The molecule has 0 amide bonds. The van der Waals surface area contributed by atoms with E-state index >= 15 is 0 Å². The van der Waals surface area contributed by atoms with Gasteiger partial charge in [-0.15, -0.1) is 0 Å². The van der Waals surface area contributed by atoms with Crippen LogP contribution in [0.25, 0.3) is 0 Å². The van der Waals surface area contributed by atoms with E-state index in [0.29, 0.717) is 13.0 Å². The summed E-state index contributed by atoms with van der Waals surface area (Å²) in [5.41, 5.74) is 0. The van der Waals surface area contributed by atoms with Crippen LogP contribution in [-0.4, -0.2) is 31.7 Å². The molecule has 0 aromatic carbocycles. The number of aliphatic hydroxyl groups is 1. The van der Waals surface area contributed by atoms with Crippen LogP contribution < -0.4 is 0 Å². The third-order valence-corrected chi connectivity index (χ3v) is 1.47. The van der Waals surface area contributed by atoms with Gasteiger partial charge < -0.3 is 14.6 Å². The molecule has 0 spiro atoms. The van der Waals surface area contributed by atoms with Crippen molar-refractivity contribution in [1.82, 2.24) is 0 Å². The number of rotatable bonds is 7. The Balaban J connectivity index is 3.39. The quantitative estimate of drug-likeness (QED) is 0.467. The molecule has 12 heavy (non-hydrogen) atoms. The van der Waals surface area contributed by atoms with Crippen molar-refractivity contribution >= 4 is 0 Å². The predicted molar refractivity (Wildman–Crippen MR) is 47.9 cm³/mol. The van der Waals surface area contributed by atoms with E-state index in [1.54, 1.807) is 7.11 Å². The summed E-state index contributed by atoms with van der Waals surface area (Å²) in [6.07, 6.45) is 5.12. The van der Waals surface area contributed by atoms with Gasteiger partial charge in [-0.05, 0) is 13.3 Å². The van der Waals surface area contributed by atoms with Gasteiger partial charge in [-0.1, -0.05) is 12.2 Å². The zero-order chi connectivity index (χ0) is 9.23. The van der Waals surface area contributed by atoms with Gasteiger partial charge in [0.15, 0.2) is 6.29 Å². The molecule has 0 aliphatic heterocycles. The summed E-state index contributed by atoms with van der Waals surface area (Å²) >= 11 is 0. The standard InChI is InChI=1S/C9H18O3/c1-3-4-8-12-9(11-2)6-5-7-10/h3-4,9-10H,5-8H2,1-2H3. The Hall–Kier alpha value is -0.380. The summed E-state index contributed by atoms with van der Waals surface area (Å²) in [5, 5.41) is 8.56. The Morgan fingerprint density at radius 1 is 1.50 bits per heavy atom. The minimum atomic E-state index is -0.187. The SMILES string of the molecule is CC=CCOC(CCCO)OC. The van der Waals surface area contributed by atoms with Crippen LogP contribution in [0.15, 0.2) is 12.2 Å². The van der Waals surface area contributed by atoms with Crippen molar-refractivity contribution < 1.29 is 14.6 Å². The van der Waals surface area contributed by atoms with Gasteiger partial charge in [-0.25, -0.2) is 0 Å². The van der Waals surface area contributed by atoms with Gasteiger partial charge in [0.05, 0.1) is 6.61 Å². The van der Waals surface area contributed by atoms with Gasteiger partial charge in [0.25, 0.3) is 0 Å². The van der Waals surface area contributed by atoms with Crippen LogP contribution in [0.5, 0.6) is 0 Å². The first kappa shape index (κ1) is 11.6. The number of allylic oxidation sites excluding steroid dienone is 1. The van der Waals surface area contributed by atoms with E-state index in [9.17, 15) is 0 Å². The lowest BCUT2D eigenvalue weighted by atomic mass is 10.3. The first-order valence-electron chi connectivity index (χ1n) is 4.21. The zero-order valence-electron chi connectivity index (χ0n) is 7.82. The maximum absolute atomic E-state index is 8.56. The zero-order valence-corrected chi connectivity index (χ0v) is 7.82. The van der Waals surface area contributed by atoms with Crippen molar-refractivity contribution in [3.8, 4) is 0 Å². The van der Waals surface area contributed by atoms with Gasteiger partial charge >= 0.3 is 0 Å². The molecule has 1 unspecified atom stereocenters. The summed E-state index contributed by atoms with van der Waals surface area (Å²) in [5.74, 6) is 0. The Kier molecular flexibility index (Phi) is 8.44. The predicted octanol–water partition coefficient (Wildman–Crippen LogP) is 1.32. The molecular formula is C9H18O3. The molecule has 0 fully saturated rings. The summed E-state index contributed by atoms with van der Waals surface area (Å²) in [7, 11) is 1.61. The molecule has 1 N–H and O–H groups in total. The Bertz CT molecular complexity index is 112. The number of aliphatic hydroxyl groups excluding tert-OH is 1. The normalized spacial score (nSPS) is 13.9. The van der Waals surface area contributed by atoms with E-state index < -0.39 is 0 Å². The fraction of sp³-hybridized carbons (Fsp3) is 0.778. The largest absolute Gasteiger partial charge is 0.396 e. The number of ether oxygens (including phenoxy) is 2. The average molecular weight is 174 g/mol. The summed E-state index contributed by atoms with van der Waals surface area (Å²) in [6, 6.07) is 0. The van der Waals surface area contributed by atoms with Crippen LogP contribution in [0, 0.1) is 0 Å². The minimum Gasteiger partial charge on any atom is -0.396 e. The molecule has 0 rings (SSSR count). The van der Waals surface area contributed by atoms with E-state index in [0.717, 1.165) is 6.42 Å². The highest BCUT2D eigenvalue weighted by Crippen LogP contribution is 2.02. The van der Waals surface area contributed by atoms with Gasteiger partial charge in [-0.3, -0.25) is 0 Å². The average Bonchev–Trinajstić information content (AvgIpc) is 2.11. The molecule has 3 heteroatoms. The molecule has 0 radical (unpaired) electrons. The van der Waals surface area contributed by atoms with E-state index in [-0.39, 0.29) is 12.9 Å². The molecule has 0 aromatic rings. The molecular weight excluding hydrogens is 156 g/mol. The van der Waals surface area contributed by atoms with Gasteiger partial charge in [0.1, 0.15) is 0 Å². The van der Waals surface area contributed by atoms with E-state index in [1.165, 1.54) is 0 Å². The Morgan fingerprint density at radius 3 is 2.75 bits per heavy atom. The van der Waals surface area contributed by atoms with Crippen molar-refractivity contribution in [2.45, 2.75) is 26.1 Å². The van der Waals surface area contributed by atoms with Gasteiger partial charge in [-0.2, -0.15) is 0 Å². The highest BCUT2D eigenvalue weighted by atomic mass is 16.7. The van der Waals surface area contributed by atoms with Crippen LogP contribution in [0.4, 0.5) is 0 Å². The van der Waals surface area contributed by atoms with E-state index in [2.05, 4.69) is 0 Å². The lowest BCUT2D eigenvalue weighted by Gasteiger charge is -2.13. The van der Waals surface area contributed by atoms with Crippen LogP contribution in [0.2, 0.25) is 0 Å². The monoisotopic (exact) mass is 174 g/mol. The third kappa shape index (κ3) is 6.34. The molecule has 0 aliphatic rings. The van der Waals surface area contributed by atoms with Crippen molar-refractivity contribution in [1.29, 1.82) is 0 Å². The summed E-state index contributed by atoms with van der Waals surface area (Å²) < 4.78 is 10.3. The number of hydrogen-bond acceptors (Lipinski definition) is 3. The summed E-state index contributed by atoms with van der Waals surface area (Å²) in [4.78, 5) is 0. The Morgan fingerprint density at radius 2 is 2.25 bits per heavy atom. The highest BCUT2D eigenvalue weighted by Gasteiger charge is 2.04. The van der Waals surface area contributed by atoms with Crippen molar-refractivity contribution in [2.24, 2.45) is 0 Å². The van der Waals surface area contributed by atoms with Crippen molar-refractivity contribution in [3.63, 3.8) is 0 Å². The Labute approximate surface area is 74.0 Å². The minimum absolute atomic E-state index is 0.187. The fourth-order valence-electron chi connectivity index (χ4n) is 0.786. The maximum atomic E-state index is 8.56. The molecule has 0 heterocycles. The van der Waals surface area contributed by atoms with Crippen LogP contribution in [-0.2, 0) is 9.47 Å². The molecule has 1 atom stereocenters. The highest BCUT2D eigenvalue weighted by molar-refractivity contribution is 4.76. The van der Waals surface area contributed by atoms with Gasteiger partial charge in [0.2, 0.25) is 0 Å². The first-order chi connectivity index (χ1) is 5.85. The number of hydrogen-bond donors (Lipinski definition) is 1. The van der Waals surface area contributed by atoms with Crippen molar-refractivity contribution in [2.75, 3.05) is 20.3 Å². The second-order valence-electron chi connectivity index (χ2n) is 2.43. The fourth-order valence-corrected chi connectivity index (χ4v) is 0.786. The second-order valence-corrected chi connectivity index (χ2v) is 2.43. The topological polar surface area (TPSA) is 38.7 Å². The molecule has 0 aliphatic carbocycles. The number of methoxy groups -OCH3 is 1. The lowest BCUT2D eigenvalue weighted by molar-refractivity contribution is -0.120. The lowest BCUT2D eigenvalue weighted by Crippen LogP contribution is -2.15. The molecule has 0 saturated carbocycles. The van der Waals surface area contributed by atoms with Gasteiger partial charge in [0, 0.05) is 20.1 Å². The molecule has 0 aromatic heterocycles. The first-order valence-corrected chi connectivity index (χ1v) is 4.21. The molecule has 72 valence electrons. The maximum Gasteiger partial charge on any atom is 0.157 e. The smallest absolute Gasteiger partial charge is 0.157 e. The molecule has 0 saturated heterocycles. The molecule has 0 bridgehead atoms. The second kappa shape index (κ2) is 8.71. The molecule has 3 nitrogen and oxygen atoms in total. The third-order valence-electron chi connectivity index (χ3n) is 1.47.